The maximum Gasteiger partial charge on any atom is 0.411 e. The summed E-state index contributed by atoms with van der Waals surface area (Å²) in [5, 5.41) is -0.174. The molecule has 1 amide bonds. The van der Waals surface area contributed by atoms with Crippen LogP contribution in [0, 0.1) is 11.8 Å². The van der Waals surface area contributed by atoms with Crippen LogP contribution in [-0.4, -0.2) is 45.3 Å². The van der Waals surface area contributed by atoms with Crippen LogP contribution in [0.4, 0.5) is 4.79 Å². The number of thiocarbonyl (C=S) groups is 1. The Hall–Kier alpha value is -0.820. The molecule has 2 aliphatic rings. The number of nitrogens with zero attached hydrogens (tertiary/aromatic N) is 1. The van der Waals surface area contributed by atoms with Crippen LogP contribution in [0.3, 0.4) is 0 Å². The number of hydrogen-bond donors (Lipinski definition) is 0. The minimum atomic E-state index is -0.540. The summed E-state index contributed by atoms with van der Waals surface area (Å²) in [4.78, 5) is 26.0. The SMILES string of the molecule is CCOC(=S)SC1C(CC(=O)C2CC2)CN1C(=O)OC(C)(C)C. The summed E-state index contributed by atoms with van der Waals surface area (Å²) in [6.07, 6.45) is 2.17. The zero-order valence-corrected chi connectivity index (χ0v) is 15.8. The van der Waals surface area contributed by atoms with Crippen LogP contribution in [0.2, 0.25) is 0 Å². The highest BCUT2D eigenvalue weighted by Crippen LogP contribution is 2.41. The molecule has 2 fully saturated rings. The van der Waals surface area contributed by atoms with Gasteiger partial charge >= 0.3 is 6.09 Å². The van der Waals surface area contributed by atoms with Crippen molar-refractivity contribution < 1.29 is 19.1 Å². The van der Waals surface area contributed by atoms with Crippen molar-refractivity contribution in [3.05, 3.63) is 0 Å². The first-order chi connectivity index (χ1) is 10.7. The van der Waals surface area contributed by atoms with Crippen LogP contribution < -0.4 is 0 Å². The van der Waals surface area contributed by atoms with E-state index in [-0.39, 0.29) is 23.3 Å². The van der Waals surface area contributed by atoms with E-state index in [1.807, 2.05) is 27.7 Å². The minimum absolute atomic E-state index is 0.124. The first-order valence-electron chi connectivity index (χ1n) is 8.07. The highest BCUT2D eigenvalue weighted by atomic mass is 32.2. The maximum atomic E-state index is 12.3. The number of amides is 1. The van der Waals surface area contributed by atoms with Crippen LogP contribution in [0.25, 0.3) is 0 Å². The number of thioether (sulfide) groups is 1. The van der Waals surface area contributed by atoms with Gasteiger partial charge in [-0.15, -0.1) is 0 Å². The summed E-state index contributed by atoms with van der Waals surface area (Å²) in [6.45, 7) is 8.42. The molecule has 0 aromatic heterocycles. The highest BCUT2D eigenvalue weighted by molar-refractivity contribution is 8.23. The predicted octanol–water partition coefficient (Wildman–Crippen LogP) is 3.60. The number of ketones is 1. The predicted molar refractivity (Wildman–Crippen MR) is 94.4 cm³/mol. The highest BCUT2D eigenvalue weighted by Gasteiger charge is 2.47. The second kappa shape index (κ2) is 7.38. The number of hydrogen-bond acceptors (Lipinski definition) is 6. The van der Waals surface area contributed by atoms with Crippen molar-refractivity contribution in [2.75, 3.05) is 13.2 Å². The molecule has 0 bridgehead atoms. The Morgan fingerprint density at radius 2 is 1.96 bits per heavy atom. The van der Waals surface area contributed by atoms with E-state index in [9.17, 15) is 9.59 Å². The van der Waals surface area contributed by atoms with Gasteiger partial charge in [0.05, 0.1) is 12.0 Å². The van der Waals surface area contributed by atoms with Gasteiger partial charge in [0.15, 0.2) is 0 Å². The minimum Gasteiger partial charge on any atom is -0.479 e. The van der Waals surface area contributed by atoms with Gasteiger partial charge in [0.25, 0.3) is 0 Å². The van der Waals surface area contributed by atoms with Crippen molar-refractivity contribution in [3.8, 4) is 0 Å². The first-order valence-corrected chi connectivity index (χ1v) is 9.35. The molecule has 7 heteroatoms. The summed E-state index contributed by atoms with van der Waals surface area (Å²) >= 11 is 6.52. The molecule has 0 aromatic rings. The van der Waals surface area contributed by atoms with Crippen molar-refractivity contribution >= 4 is 40.2 Å². The molecule has 0 radical (unpaired) electrons. The van der Waals surface area contributed by atoms with E-state index in [0.29, 0.717) is 29.7 Å². The quantitative estimate of drug-likeness (QED) is 0.699. The van der Waals surface area contributed by atoms with Crippen molar-refractivity contribution in [1.29, 1.82) is 0 Å². The van der Waals surface area contributed by atoms with Crippen LogP contribution in [0.5, 0.6) is 0 Å². The normalized spacial score (nSPS) is 23.9. The lowest BCUT2D eigenvalue weighted by atomic mass is 9.92. The molecule has 2 atom stereocenters. The molecule has 1 aliphatic carbocycles. The van der Waals surface area contributed by atoms with Crippen molar-refractivity contribution in [1.82, 2.24) is 4.90 Å². The Morgan fingerprint density at radius 1 is 1.30 bits per heavy atom. The lowest BCUT2D eigenvalue weighted by molar-refractivity contribution is -0.122. The van der Waals surface area contributed by atoms with E-state index in [1.54, 1.807) is 4.90 Å². The molecule has 0 aromatic carbocycles. The molecule has 2 unspecified atom stereocenters. The molecule has 0 N–H and O–H groups in total. The van der Waals surface area contributed by atoms with E-state index in [0.717, 1.165) is 12.8 Å². The van der Waals surface area contributed by atoms with Crippen LogP contribution in [0.15, 0.2) is 0 Å². The van der Waals surface area contributed by atoms with Crippen LogP contribution >= 0.6 is 24.0 Å². The molecule has 130 valence electrons. The Balaban J connectivity index is 1.96. The molecular formula is C16H25NO4S2. The number of Topliss-reactive ketones (excluding diaryl/α,β-unsaturated/α-hetero) is 1. The van der Waals surface area contributed by atoms with Gasteiger partial charge in [-0.2, -0.15) is 0 Å². The number of likely N-dealkylation sites (tertiary alicyclic amines) is 1. The topological polar surface area (TPSA) is 55.8 Å². The van der Waals surface area contributed by atoms with E-state index >= 15 is 0 Å². The Bertz CT molecular complexity index is 485. The number of carbonyl (C=O) groups excluding carboxylic acids is 2. The molecule has 1 aliphatic heterocycles. The third kappa shape index (κ3) is 5.35. The molecule has 1 saturated heterocycles. The number of carbonyl (C=O) groups is 2. The molecular weight excluding hydrogens is 334 g/mol. The second-order valence-electron chi connectivity index (χ2n) is 7.03. The van der Waals surface area contributed by atoms with Crippen molar-refractivity contribution in [2.24, 2.45) is 11.8 Å². The zero-order valence-electron chi connectivity index (χ0n) is 14.2. The van der Waals surface area contributed by atoms with Gasteiger partial charge in [0.1, 0.15) is 11.4 Å². The molecule has 1 heterocycles. The second-order valence-corrected chi connectivity index (χ2v) is 8.75. The van der Waals surface area contributed by atoms with E-state index in [4.69, 9.17) is 21.7 Å². The largest absolute Gasteiger partial charge is 0.479 e. The molecule has 0 spiro atoms. The Morgan fingerprint density at radius 3 is 2.48 bits per heavy atom. The van der Waals surface area contributed by atoms with Gasteiger partial charge in [-0.3, -0.25) is 9.69 Å². The zero-order chi connectivity index (χ0) is 17.2. The molecule has 23 heavy (non-hydrogen) atoms. The fraction of sp³-hybridized carbons (Fsp3) is 0.812. The average molecular weight is 360 g/mol. The lowest BCUT2D eigenvalue weighted by Gasteiger charge is -2.47. The van der Waals surface area contributed by atoms with Gasteiger partial charge < -0.3 is 9.47 Å². The van der Waals surface area contributed by atoms with Crippen LogP contribution in [0.1, 0.15) is 47.0 Å². The molecule has 1 saturated carbocycles. The van der Waals surface area contributed by atoms with Gasteiger partial charge in [-0.05, 0) is 52.8 Å². The van der Waals surface area contributed by atoms with Gasteiger partial charge in [0, 0.05) is 24.8 Å². The summed E-state index contributed by atoms with van der Waals surface area (Å²) in [5.74, 6) is 0.681. The third-order valence-corrected chi connectivity index (χ3v) is 5.34. The first kappa shape index (κ1) is 18.5. The standard InChI is InChI=1S/C16H25NO4S2/c1-5-20-15(22)23-13-11(8-12(18)10-6-7-10)9-17(13)14(19)21-16(2,3)4/h10-11,13H,5-9H2,1-4H3. The van der Waals surface area contributed by atoms with E-state index in [2.05, 4.69) is 0 Å². The fourth-order valence-corrected chi connectivity index (χ4v) is 3.94. The van der Waals surface area contributed by atoms with Gasteiger partial charge in [-0.1, -0.05) is 11.8 Å². The smallest absolute Gasteiger partial charge is 0.411 e. The third-order valence-electron chi connectivity index (χ3n) is 3.74. The Labute approximate surface area is 147 Å². The summed E-state index contributed by atoms with van der Waals surface area (Å²) < 4.78 is 11.2. The van der Waals surface area contributed by atoms with E-state index < -0.39 is 5.60 Å². The summed E-state index contributed by atoms with van der Waals surface area (Å²) in [7, 11) is 0. The number of rotatable bonds is 5. The van der Waals surface area contributed by atoms with Crippen molar-refractivity contribution in [2.45, 2.75) is 57.9 Å². The average Bonchev–Trinajstić information content (AvgIpc) is 3.22. The fourth-order valence-electron chi connectivity index (χ4n) is 2.47. The Kier molecular flexibility index (Phi) is 5.94. The van der Waals surface area contributed by atoms with Gasteiger partial charge in [0.2, 0.25) is 4.38 Å². The monoisotopic (exact) mass is 359 g/mol. The molecule has 5 nitrogen and oxygen atoms in total. The summed E-state index contributed by atoms with van der Waals surface area (Å²) in [6, 6.07) is 0. The van der Waals surface area contributed by atoms with Crippen molar-refractivity contribution in [3.63, 3.8) is 0 Å². The lowest BCUT2D eigenvalue weighted by Crippen LogP contribution is -2.58. The maximum absolute atomic E-state index is 12.3. The van der Waals surface area contributed by atoms with E-state index in [1.165, 1.54) is 11.8 Å². The molecule has 2 rings (SSSR count). The van der Waals surface area contributed by atoms with Crippen LogP contribution in [-0.2, 0) is 14.3 Å². The summed E-state index contributed by atoms with van der Waals surface area (Å²) in [5.41, 5.74) is -0.540. The van der Waals surface area contributed by atoms with Gasteiger partial charge in [-0.25, -0.2) is 4.79 Å². The number of ether oxygens (including phenoxy) is 2.